The number of rotatable bonds is 3. The maximum Gasteiger partial charge on any atom is 0.219 e. The van der Waals surface area contributed by atoms with Crippen LogP contribution in [0.3, 0.4) is 0 Å². The van der Waals surface area contributed by atoms with Crippen molar-refractivity contribution in [1.29, 1.82) is 0 Å². The number of likely N-dealkylation sites (tertiary alicyclic amines) is 1. The Bertz CT molecular complexity index is 792. The lowest BCUT2D eigenvalue weighted by molar-refractivity contribution is -0.133. The highest BCUT2D eigenvalue weighted by atomic mass is 16.5. The summed E-state index contributed by atoms with van der Waals surface area (Å²) in [7, 11) is 0. The van der Waals surface area contributed by atoms with Crippen LogP contribution in [0, 0.1) is 0 Å². The van der Waals surface area contributed by atoms with Gasteiger partial charge in [0.25, 0.3) is 0 Å². The summed E-state index contributed by atoms with van der Waals surface area (Å²) in [6.45, 7) is 5.96. The van der Waals surface area contributed by atoms with Crippen LogP contribution in [0.25, 0.3) is 0 Å². The summed E-state index contributed by atoms with van der Waals surface area (Å²) in [6.07, 6.45) is 3.14. The summed E-state index contributed by atoms with van der Waals surface area (Å²) < 4.78 is 6.61. The van der Waals surface area contributed by atoms with E-state index in [9.17, 15) is 4.79 Å². The number of hydrogen-bond acceptors (Lipinski definition) is 3. The van der Waals surface area contributed by atoms with Crippen molar-refractivity contribution >= 4 is 5.91 Å². The summed E-state index contributed by atoms with van der Waals surface area (Å²) in [5.41, 5.74) is 2.16. The number of carbonyl (C=O) groups excluding carboxylic acids is 1. The normalized spacial score (nSPS) is 22.8. The van der Waals surface area contributed by atoms with Gasteiger partial charge in [0.05, 0.1) is 6.54 Å². The summed E-state index contributed by atoms with van der Waals surface area (Å²) in [5, 5.41) is 0. The minimum Gasteiger partial charge on any atom is -0.484 e. The Morgan fingerprint density at radius 3 is 2.67 bits per heavy atom. The summed E-state index contributed by atoms with van der Waals surface area (Å²) in [6, 6.07) is 18.8. The van der Waals surface area contributed by atoms with Crippen LogP contribution in [0.15, 0.2) is 54.6 Å². The van der Waals surface area contributed by atoms with Gasteiger partial charge in [-0.15, -0.1) is 0 Å². The third kappa shape index (κ3) is 4.16. The van der Waals surface area contributed by atoms with Crippen LogP contribution >= 0.6 is 0 Å². The van der Waals surface area contributed by atoms with Crippen molar-refractivity contribution in [2.45, 2.75) is 38.3 Å². The Morgan fingerprint density at radius 2 is 1.85 bits per heavy atom. The van der Waals surface area contributed by atoms with Crippen molar-refractivity contribution in [3.8, 4) is 5.75 Å². The molecule has 2 heterocycles. The molecule has 0 radical (unpaired) electrons. The van der Waals surface area contributed by atoms with Crippen LogP contribution in [-0.2, 0) is 17.8 Å². The highest BCUT2D eigenvalue weighted by molar-refractivity contribution is 5.73. The van der Waals surface area contributed by atoms with Gasteiger partial charge in [0, 0.05) is 32.1 Å². The number of amides is 1. The lowest BCUT2D eigenvalue weighted by Gasteiger charge is -2.43. The highest BCUT2D eigenvalue weighted by Crippen LogP contribution is 2.34. The minimum atomic E-state index is -0.312. The number of para-hydroxylation sites is 1. The Hall–Kier alpha value is -2.33. The van der Waals surface area contributed by atoms with Gasteiger partial charge in [-0.3, -0.25) is 9.69 Å². The first-order chi connectivity index (χ1) is 13.1. The van der Waals surface area contributed by atoms with Gasteiger partial charge in [-0.25, -0.2) is 0 Å². The molecule has 1 unspecified atom stereocenters. The standard InChI is InChI=1S/C23H28N2O2/c1-19(26)25-16-21-10-5-6-11-22(21)27-23(18-25)13-7-14-24(17-23)15-12-20-8-3-2-4-9-20/h2-6,8-11H,7,12-18H2,1H3. The Labute approximate surface area is 161 Å². The molecule has 4 heteroatoms. The molecule has 4 nitrogen and oxygen atoms in total. The van der Waals surface area contributed by atoms with Crippen molar-refractivity contribution in [3.05, 3.63) is 65.7 Å². The minimum absolute atomic E-state index is 0.121. The average Bonchev–Trinajstić information content (AvgIpc) is 2.84. The largest absolute Gasteiger partial charge is 0.484 e. The predicted octanol–water partition coefficient (Wildman–Crippen LogP) is 3.50. The van der Waals surface area contributed by atoms with Gasteiger partial charge in [0.2, 0.25) is 5.91 Å². The molecule has 1 amide bonds. The van der Waals surface area contributed by atoms with Gasteiger partial charge < -0.3 is 9.64 Å². The quantitative estimate of drug-likeness (QED) is 0.836. The lowest BCUT2D eigenvalue weighted by atomic mass is 9.91. The fraction of sp³-hybridized carbons (Fsp3) is 0.435. The van der Waals surface area contributed by atoms with E-state index in [2.05, 4.69) is 41.3 Å². The molecular weight excluding hydrogens is 336 g/mol. The van der Waals surface area contributed by atoms with Crippen LogP contribution in [0.1, 0.15) is 30.9 Å². The van der Waals surface area contributed by atoms with Crippen molar-refractivity contribution < 1.29 is 9.53 Å². The van der Waals surface area contributed by atoms with E-state index in [1.807, 2.05) is 23.1 Å². The summed E-state index contributed by atoms with van der Waals surface area (Å²) in [4.78, 5) is 16.7. The average molecular weight is 364 g/mol. The van der Waals surface area contributed by atoms with E-state index in [0.29, 0.717) is 13.1 Å². The van der Waals surface area contributed by atoms with E-state index in [0.717, 1.165) is 50.2 Å². The number of hydrogen-bond donors (Lipinski definition) is 0. The first kappa shape index (κ1) is 18.1. The van der Waals surface area contributed by atoms with Gasteiger partial charge in [-0.2, -0.15) is 0 Å². The van der Waals surface area contributed by atoms with Gasteiger partial charge >= 0.3 is 0 Å². The molecule has 27 heavy (non-hydrogen) atoms. The maximum absolute atomic E-state index is 12.2. The number of benzene rings is 2. The van der Waals surface area contributed by atoms with E-state index in [4.69, 9.17) is 4.74 Å². The highest BCUT2D eigenvalue weighted by Gasteiger charge is 2.42. The molecule has 1 atom stereocenters. The first-order valence-corrected chi connectivity index (χ1v) is 9.92. The van der Waals surface area contributed by atoms with Gasteiger partial charge in [-0.05, 0) is 37.4 Å². The maximum atomic E-state index is 12.2. The van der Waals surface area contributed by atoms with Crippen LogP contribution < -0.4 is 4.74 Å². The molecule has 0 saturated carbocycles. The van der Waals surface area contributed by atoms with Gasteiger partial charge in [0.1, 0.15) is 11.4 Å². The van der Waals surface area contributed by atoms with Crippen molar-refractivity contribution in [3.63, 3.8) is 0 Å². The van der Waals surface area contributed by atoms with E-state index >= 15 is 0 Å². The van der Waals surface area contributed by atoms with Crippen LogP contribution in [0.5, 0.6) is 5.75 Å². The van der Waals surface area contributed by atoms with E-state index in [1.54, 1.807) is 6.92 Å². The smallest absolute Gasteiger partial charge is 0.219 e. The molecule has 2 aromatic rings. The zero-order chi connectivity index (χ0) is 18.7. The fourth-order valence-corrected chi connectivity index (χ4v) is 4.36. The molecule has 2 aliphatic heterocycles. The van der Waals surface area contributed by atoms with Crippen molar-refractivity contribution in [2.75, 3.05) is 26.2 Å². The SMILES string of the molecule is CC(=O)N1Cc2ccccc2OC2(CCCN(CCc3ccccc3)C2)C1. The molecule has 2 aromatic carbocycles. The molecule has 4 rings (SSSR count). The molecule has 2 aliphatic rings. The molecule has 1 spiro atoms. The number of nitrogens with zero attached hydrogens (tertiary/aromatic N) is 2. The van der Waals surface area contributed by atoms with Crippen LogP contribution in [-0.4, -0.2) is 47.5 Å². The number of piperidine rings is 1. The molecule has 1 fully saturated rings. The van der Waals surface area contributed by atoms with Crippen LogP contribution in [0.2, 0.25) is 0 Å². The molecule has 142 valence electrons. The molecule has 0 aromatic heterocycles. The lowest BCUT2D eigenvalue weighted by Crippen LogP contribution is -2.57. The molecule has 0 N–H and O–H groups in total. The Morgan fingerprint density at radius 1 is 1.07 bits per heavy atom. The van der Waals surface area contributed by atoms with E-state index in [1.165, 1.54) is 5.56 Å². The number of fused-ring (bicyclic) bond motifs is 1. The van der Waals surface area contributed by atoms with Gasteiger partial charge in [0.15, 0.2) is 0 Å². The number of ether oxygens (including phenoxy) is 1. The second-order valence-corrected chi connectivity index (χ2v) is 7.88. The Kier molecular flexibility index (Phi) is 5.17. The van der Waals surface area contributed by atoms with Crippen molar-refractivity contribution in [1.82, 2.24) is 9.80 Å². The van der Waals surface area contributed by atoms with E-state index < -0.39 is 0 Å². The summed E-state index contributed by atoms with van der Waals surface area (Å²) >= 11 is 0. The third-order valence-electron chi connectivity index (χ3n) is 5.76. The zero-order valence-corrected chi connectivity index (χ0v) is 16.1. The Balaban J connectivity index is 1.52. The van der Waals surface area contributed by atoms with Gasteiger partial charge in [-0.1, -0.05) is 48.5 Å². The first-order valence-electron chi connectivity index (χ1n) is 9.92. The van der Waals surface area contributed by atoms with E-state index in [-0.39, 0.29) is 11.5 Å². The van der Waals surface area contributed by atoms with Crippen LogP contribution in [0.4, 0.5) is 0 Å². The molecule has 0 bridgehead atoms. The molecular formula is C23H28N2O2. The third-order valence-corrected chi connectivity index (χ3v) is 5.76. The zero-order valence-electron chi connectivity index (χ0n) is 16.1. The summed E-state index contributed by atoms with van der Waals surface area (Å²) in [5.74, 6) is 1.06. The topological polar surface area (TPSA) is 32.8 Å². The van der Waals surface area contributed by atoms with Crippen molar-refractivity contribution in [2.24, 2.45) is 0 Å². The predicted molar refractivity (Wildman–Crippen MR) is 107 cm³/mol. The number of carbonyl (C=O) groups is 1. The fourth-order valence-electron chi connectivity index (χ4n) is 4.36. The molecule has 0 aliphatic carbocycles. The second-order valence-electron chi connectivity index (χ2n) is 7.88. The monoisotopic (exact) mass is 364 g/mol. The second kappa shape index (κ2) is 7.73. The molecule has 1 saturated heterocycles.